The van der Waals surface area contributed by atoms with Crippen LogP contribution >= 0.6 is 11.6 Å². The van der Waals surface area contributed by atoms with Gasteiger partial charge in [0.15, 0.2) is 0 Å². The fourth-order valence-corrected chi connectivity index (χ4v) is 4.12. The van der Waals surface area contributed by atoms with E-state index in [-0.39, 0.29) is 5.91 Å². The summed E-state index contributed by atoms with van der Waals surface area (Å²) in [5.41, 5.74) is 4.48. The van der Waals surface area contributed by atoms with E-state index in [0.29, 0.717) is 23.8 Å². The molecule has 0 bridgehead atoms. The maximum Gasteiger partial charge on any atom is 0.271 e. The van der Waals surface area contributed by atoms with Gasteiger partial charge < -0.3 is 14.5 Å². The van der Waals surface area contributed by atoms with Gasteiger partial charge in [-0.25, -0.2) is 4.98 Å². The molecular weight excluding hydrogens is 372 g/mol. The summed E-state index contributed by atoms with van der Waals surface area (Å²) in [5, 5.41) is 1.61. The van der Waals surface area contributed by atoms with E-state index in [9.17, 15) is 4.79 Å². The number of aromatic amines is 1. The highest BCUT2D eigenvalue weighted by Gasteiger charge is 2.26. The zero-order chi connectivity index (χ0) is 19.1. The van der Waals surface area contributed by atoms with Crippen LogP contribution in [0.2, 0.25) is 5.02 Å². The number of hydrogen-bond donors (Lipinski definition) is 1. The third kappa shape index (κ3) is 2.88. The third-order valence-corrected chi connectivity index (χ3v) is 5.54. The molecule has 28 heavy (non-hydrogen) atoms. The number of carbonyl (C=O) groups excluding carboxylic acids is 1. The van der Waals surface area contributed by atoms with Crippen LogP contribution < -0.4 is 0 Å². The molecule has 3 heterocycles. The number of nitrogens with zero attached hydrogens (tertiary/aromatic N) is 3. The molecule has 0 atom stereocenters. The number of rotatable bonds is 2. The van der Waals surface area contributed by atoms with E-state index in [1.165, 1.54) is 0 Å². The molecular formula is C22H19ClN4O. The normalized spacial score (nSPS) is 14.1. The SMILES string of the molecule is O=C(c1[nH]c2ccc(Cl)cc2c1-c1ccccc1)N1CCCn2cncc2C1. The maximum absolute atomic E-state index is 13.6. The summed E-state index contributed by atoms with van der Waals surface area (Å²) in [6.45, 7) is 2.15. The first-order valence-corrected chi connectivity index (χ1v) is 9.73. The van der Waals surface area contributed by atoms with Gasteiger partial charge in [-0.15, -0.1) is 0 Å². The molecule has 5 nitrogen and oxygen atoms in total. The van der Waals surface area contributed by atoms with E-state index in [2.05, 4.69) is 14.5 Å². The molecule has 1 aliphatic heterocycles. The molecule has 5 rings (SSSR count). The fourth-order valence-electron chi connectivity index (χ4n) is 3.95. The lowest BCUT2D eigenvalue weighted by Gasteiger charge is -2.20. The van der Waals surface area contributed by atoms with Gasteiger partial charge in [0.2, 0.25) is 0 Å². The van der Waals surface area contributed by atoms with Gasteiger partial charge in [-0.3, -0.25) is 4.79 Å². The zero-order valence-electron chi connectivity index (χ0n) is 15.2. The molecule has 1 amide bonds. The topological polar surface area (TPSA) is 53.9 Å². The highest BCUT2D eigenvalue weighted by molar-refractivity contribution is 6.31. The van der Waals surface area contributed by atoms with Crippen LogP contribution in [0.15, 0.2) is 61.1 Å². The van der Waals surface area contributed by atoms with Gasteiger partial charge in [0.05, 0.1) is 18.6 Å². The van der Waals surface area contributed by atoms with Gasteiger partial charge in [-0.05, 0) is 30.2 Å². The molecule has 4 aromatic rings. The summed E-state index contributed by atoms with van der Waals surface area (Å²) in [7, 11) is 0. The Hall–Kier alpha value is -3.05. The first kappa shape index (κ1) is 17.1. The van der Waals surface area contributed by atoms with Crippen LogP contribution in [0, 0.1) is 0 Å². The van der Waals surface area contributed by atoms with Gasteiger partial charge >= 0.3 is 0 Å². The second-order valence-electron chi connectivity index (χ2n) is 7.09. The molecule has 0 saturated heterocycles. The third-order valence-electron chi connectivity index (χ3n) is 5.30. The largest absolute Gasteiger partial charge is 0.350 e. The van der Waals surface area contributed by atoms with E-state index in [1.807, 2.05) is 66.0 Å². The Labute approximate surface area is 167 Å². The number of carbonyl (C=O) groups is 1. The molecule has 0 saturated carbocycles. The minimum atomic E-state index is 0.000764. The number of amides is 1. The van der Waals surface area contributed by atoms with Crippen LogP contribution in [0.3, 0.4) is 0 Å². The summed E-state index contributed by atoms with van der Waals surface area (Å²) in [5.74, 6) is 0.000764. The molecule has 0 unspecified atom stereocenters. The molecule has 0 fully saturated rings. The number of hydrogen-bond acceptors (Lipinski definition) is 2. The molecule has 140 valence electrons. The van der Waals surface area contributed by atoms with Crippen molar-refractivity contribution in [2.75, 3.05) is 6.54 Å². The number of fused-ring (bicyclic) bond motifs is 2. The van der Waals surface area contributed by atoms with E-state index in [1.54, 1.807) is 0 Å². The van der Waals surface area contributed by atoms with E-state index >= 15 is 0 Å². The lowest BCUT2D eigenvalue weighted by atomic mass is 10.0. The molecule has 6 heteroatoms. The molecule has 0 aliphatic carbocycles. The Balaban J connectivity index is 1.63. The molecule has 1 N–H and O–H groups in total. The smallest absolute Gasteiger partial charge is 0.271 e. The molecule has 1 aliphatic rings. The van der Waals surface area contributed by atoms with Crippen molar-refractivity contribution in [3.63, 3.8) is 0 Å². The number of aryl methyl sites for hydroxylation is 1. The quantitative estimate of drug-likeness (QED) is 0.538. The summed E-state index contributed by atoms with van der Waals surface area (Å²) in [4.78, 5) is 23.0. The molecule has 0 spiro atoms. The second kappa shape index (κ2) is 6.84. The first-order chi connectivity index (χ1) is 13.7. The lowest BCUT2D eigenvalue weighted by Crippen LogP contribution is -2.31. The minimum absolute atomic E-state index is 0.000764. The molecule has 0 radical (unpaired) electrons. The Bertz CT molecular complexity index is 1160. The van der Waals surface area contributed by atoms with Crippen LogP contribution in [-0.2, 0) is 13.1 Å². The van der Waals surface area contributed by atoms with Gasteiger partial charge in [-0.1, -0.05) is 41.9 Å². The van der Waals surface area contributed by atoms with Crippen molar-refractivity contribution < 1.29 is 4.79 Å². The Morgan fingerprint density at radius 1 is 1.11 bits per heavy atom. The summed E-state index contributed by atoms with van der Waals surface area (Å²) in [6, 6.07) is 15.7. The number of H-pyrrole nitrogens is 1. The zero-order valence-corrected chi connectivity index (χ0v) is 16.0. The number of halogens is 1. The molecule has 2 aromatic heterocycles. The predicted octanol–water partition coefficient (Wildman–Crippen LogP) is 4.73. The van der Waals surface area contributed by atoms with Crippen LogP contribution in [0.4, 0.5) is 0 Å². The number of aromatic nitrogens is 3. The highest BCUT2D eigenvalue weighted by atomic mass is 35.5. The molecule has 2 aromatic carbocycles. The predicted molar refractivity (Wildman–Crippen MR) is 110 cm³/mol. The second-order valence-corrected chi connectivity index (χ2v) is 7.53. The lowest BCUT2D eigenvalue weighted by molar-refractivity contribution is 0.0741. The Kier molecular flexibility index (Phi) is 4.17. The average molecular weight is 391 g/mol. The summed E-state index contributed by atoms with van der Waals surface area (Å²) >= 11 is 6.26. The monoisotopic (exact) mass is 390 g/mol. The van der Waals surface area contributed by atoms with Gasteiger partial charge in [0, 0.05) is 40.8 Å². The first-order valence-electron chi connectivity index (χ1n) is 9.35. The summed E-state index contributed by atoms with van der Waals surface area (Å²) in [6.07, 6.45) is 4.58. The van der Waals surface area contributed by atoms with Crippen molar-refractivity contribution in [3.05, 3.63) is 77.5 Å². The average Bonchev–Trinajstić information content (AvgIpc) is 3.26. The van der Waals surface area contributed by atoms with Crippen LogP contribution in [-0.4, -0.2) is 31.9 Å². The number of benzene rings is 2. The Morgan fingerprint density at radius 2 is 1.96 bits per heavy atom. The van der Waals surface area contributed by atoms with Crippen LogP contribution in [0.1, 0.15) is 22.6 Å². The number of nitrogens with one attached hydrogen (secondary N) is 1. The van der Waals surface area contributed by atoms with Crippen molar-refractivity contribution >= 4 is 28.4 Å². The van der Waals surface area contributed by atoms with Crippen molar-refractivity contribution in [3.8, 4) is 11.1 Å². The van der Waals surface area contributed by atoms with Crippen LogP contribution in [0.25, 0.3) is 22.0 Å². The van der Waals surface area contributed by atoms with Gasteiger partial charge in [0.25, 0.3) is 5.91 Å². The summed E-state index contributed by atoms with van der Waals surface area (Å²) < 4.78 is 2.12. The standard InChI is InChI=1S/C22H19ClN4O/c23-16-7-8-19-18(11-16)20(15-5-2-1-3-6-15)21(25-19)22(28)26-9-4-10-27-14-24-12-17(27)13-26/h1-3,5-8,11-12,14,25H,4,9-10,13H2. The number of imidazole rings is 1. The van der Waals surface area contributed by atoms with Crippen LogP contribution in [0.5, 0.6) is 0 Å². The van der Waals surface area contributed by atoms with Crippen molar-refractivity contribution in [1.82, 2.24) is 19.4 Å². The van der Waals surface area contributed by atoms with Crippen molar-refractivity contribution in [2.45, 2.75) is 19.5 Å². The van der Waals surface area contributed by atoms with E-state index in [0.717, 1.165) is 40.7 Å². The van der Waals surface area contributed by atoms with Gasteiger partial charge in [0.1, 0.15) is 5.69 Å². The van der Waals surface area contributed by atoms with Crippen molar-refractivity contribution in [1.29, 1.82) is 0 Å². The maximum atomic E-state index is 13.6. The van der Waals surface area contributed by atoms with E-state index < -0.39 is 0 Å². The highest BCUT2D eigenvalue weighted by Crippen LogP contribution is 2.35. The Morgan fingerprint density at radius 3 is 2.82 bits per heavy atom. The van der Waals surface area contributed by atoms with Crippen molar-refractivity contribution in [2.24, 2.45) is 0 Å². The minimum Gasteiger partial charge on any atom is -0.350 e. The van der Waals surface area contributed by atoms with Gasteiger partial charge in [-0.2, -0.15) is 0 Å². The fraction of sp³-hybridized carbons (Fsp3) is 0.182. The van der Waals surface area contributed by atoms with E-state index in [4.69, 9.17) is 11.6 Å².